The number of anilines is 2. The van der Waals surface area contributed by atoms with Gasteiger partial charge in [0.15, 0.2) is 5.13 Å². The molecule has 0 unspecified atom stereocenters. The summed E-state index contributed by atoms with van der Waals surface area (Å²) in [5, 5.41) is 3.14. The molecule has 4 rings (SSSR count). The normalized spacial score (nSPS) is 18.7. The molecule has 0 N–H and O–H groups in total. The largest absolute Gasteiger partial charge is 0.378 e. The molecule has 23 heavy (non-hydrogen) atoms. The molecule has 0 spiro atoms. The molecule has 1 amide bonds. The van der Waals surface area contributed by atoms with Crippen molar-refractivity contribution in [1.29, 1.82) is 0 Å². The lowest BCUT2D eigenvalue weighted by Crippen LogP contribution is -2.36. The van der Waals surface area contributed by atoms with E-state index in [1.165, 1.54) is 0 Å². The summed E-state index contributed by atoms with van der Waals surface area (Å²) in [5.74, 6) is 0.217. The van der Waals surface area contributed by atoms with E-state index in [2.05, 4.69) is 22.4 Å². The van der Waals surface area contributed by atoms with Crippen molar-refractivity contribution >= 4 is 28.1 Å². The molecule has 0 atom stereocenters. The molecular formula is C17H19N3O2S. The minimum absolute atomic E-state index is 0.217. The number of carbonyl (C=O) groups excluding carboxylic acids is 1. The van der Waals surface area contributed by atoms with Crippen molar-refractivity contribution in [2.24, 2.45) is 0 Å². The topological polar surface area (TPSA) is 45.7 Å². The Kier molecular flexibility index (Phi) is 4.01. The van der Waals surface area contributed by atoms with Crippen LogP contribution in [-0.2, 0) is 9.53 Å². The minimum Gasteiger partial charge on any atom is -0.378 e. The van der Waals surface area contributed by atoms with Crippen LogP contribution in [0.2, 0.25) is 0 Å². The molecule has 120 valence electrons. The smallest absolute Gasteiger partial charge is 0.227 e. The molecule has 2 fully saturated rings. The van der Waals surface area contributed by atoms with Crippen LogP contribution >= 0.6 is 11.3 Å². The summed E-state index contributed by atoms with van der Waals surface area (Å²) in [4.78, 5) is 20.8. The van der Waals surface area contributed by atoms with Crippen LogP contribution in [0.25, 0.3) is 11.3 Å². The zero-order valence-corrected chi connectivity index (χ0v) is 13.7. The highest BCUT2D eigenvalue weighted by Crippen LogP contribution is 2.31. The van der Waals surface area contributed by atoms with Gasteiger partial charge < -0.3 is 14.5 Å². The first kappa shape index (κ1) is 14.7. The highest BCUT2D eigenvalue weighted by Gasteiger charge is 2.22. The van der Waals surface area contributed by atoms with Crippen molar-refractivity contribution in [3.05, 3.63) is 29.6 Å². The van der Waals surface area contributed by atoms with Crippen LogP contribution < -0.4 is 9.80 Å². The maximum Gasteiger partial charge on any atom is 0.227 e. The predicted octanol–water partition coefficient (Wildman–Crippen LogP) is 2.77. The SMILES string of the molecule is O=C1CCCN1c1cccc(-c2csc(N3CCOCC3)n2)c1. The summed E-state index contributed by atoms with van der Waals surface area (Å²) >= 11 is 1.67. The Bertz CT molecular complexity index is 709. The number of rotatable bonds is 3. The van der Waals surface area contributed by atoms with Crippen LogP contribution in [0.3, 0.4) is 0 Å². The fourth-order valence-corrected chi connectivity index (χ4v) is 3.94. The number of thiazole rings is 1. The average Bonchev–Trinajstić information content (AvgIpc) is 3.25. The van der Waals surface area contributed by atoms with Gasteiger partial charge >= 0.3 is 0 Å². The summed E-state index contributed by atoms with van der Waals surface area (Å²) < 4.78 is 5.39. The van der Waals surface area contributed by atoms with Gasteiger partial charge in [-0.05, 0) is 18.6 Å². The van der Waals surface area contributed by atoms with Gasteiger partial charge in [0.2, 0.25) is 5.91 Å². The number of nitrogens with zero attached hydrogens (tertiary/aromatic N) is 3. The van der Waals surface area contributed by atoms with E-state index in [4.69, 9.17) is 9.72 Å². The maximum atomic E-state index is 11.9. The third kappa shape index (κ3) is 2.96. The lowest BCUT2D eigenvalue weighted by Gasteiger charge is -2.26. The Balaban J connectivity index is 1.58. The van der Waals surface area contributed by atoms with E-state index in [1.54, 1.807) is 11.3 Å². The van der Waals surface area contributed by atoms with Crippen molar-refractivity contribution < 1.29 is 9.53 Å². The molecule has 0 saturated carbocycles. The first-order chi connectivity index (χ1) is 11.3. The van der Waals surface area contributed by atoms with Crippen molar-refractivity contribution in [2.75, 3.05) is 42.6 Å². The third-order valence-corrected chi connectivity index (χ3v) is 5.20. The van der Waals surface area contributed by atoms with Crippen LogP contribution in [0.15, 0.2) is 29.6 Å². The van der Waals surface area contributed by atoms with E-state index in [0.29, 0.717) is 6.42 Å². The van der Waals surface area contributed by atoms with Gasteiger partial charge in [-0.3, -0.25) is 4.79 Å². The van der Waals surface area contributed by atoms with E-state index in [0.717, 1.165) is 61.3 Å². The minimum atomic E-state index is 0.217. The molecule has 6 heteroatoms. The van der Waals surface area contributed by atoms with E-state index in [1.807, 2.05) is 17.0 Å². The molecule has 2 aromatic rings. The standard InChI is InChI=1S/C17H19N3O2S/c21-16-5-2-6-20(16)14-4-1-3-13(11-14)15-12-23-17(18-15)19-7-9-22-10-8-19/h1,3-4,11-12H,2,5-10H2. The summed E-state index contributed by atoms with van der Waals surface area (Å²) in [7, 11) is 0. The molecule has 0 radical (unpaired) electrons. The van der Waals surface area contributed by atoms with Gasteiger partial charge in [0.1, 0.15) is 0 Å². The van der Waals surface area contributed by atoms with E-state index in [-0.39, 0.29) is 5.91 Å². The zero-order valence-electron chi connectivity index (χ0n) is 12.9. The van der Waals surface area contributed by atoms with Gasteiger partial charge in [0, 0.05) is 42.7 Å². The summed E-state index contributed by atoms with van der Waals surface area (Å²) in [6, 6.07) is 8.13. The number of aromatic nitrogens is 1. The average molecular weight is 329 g/mol. The lowest BCUT2D eigenvalue weighted by molar-refractivity contribution is -0.117. The number of ether oxygens (including phenoxy) is 1. The quantitative estimate of drug-likeness (QED) is 0.869. The van der Waals surface area contributed by atoms with Crippen molar-refractivity contribution in [3.8, 4) is 11.3 Å². The van der Waals surface area contributed by atoms with Gasteiger partial charge in [-0.1, -0.05) is 12.1 Å². The number of hydrogen-bond acceptors (Lipinski definition) is 5. The second-order valence-electron chi connectivity index (χ2n) is 5.81. The fourth-order valence-electron chi connectivity index (χ4n) is 3.05. The maximum absolute atomic E-state index is 11.9. The van der Waals surface area contributed by atoms with Crippen LogP contribution in [0.5, 0.6) is 0 Å². The molecule has 5 nitrogen and oxygen atoms in total. The second-order valence-corrected chi connectivity index (χ2v) is 6.65. The molecule has 1 aromatic carbocycles. The highest BCUT2D eigenvalue weighted by molar-refractivity contribution is 7.14. The summed E-state index contributed by atoms with van der Waals surface area (Å²) in [6.07, 6.45) is 1.60. The van der Waals surface area contributed by atoms with Gasteiger partial charge in [0.05, 0.1) is 18.9 Å². The van der Waals surface area contributed by atoms with E-state index >= 15 is 0 Å². The molecule has 2 aliphatic heterocycles. The molecule has 2 aliphatic rings. The van der Waals surface area contributed by atoms with Crippen LogP contribution in [0, 0.1) is 0 Å². The lowest BCUT2D eigenvalue weighted by atomic mass is 10.1. The first-order valence-electron chi connectivity index (χ1n) is 8.00. The monoisotopic (exact) mass is 329 g/mol. The molecular weight excluding hydrogens is 310 g/mol. The van der Waals surface area contributed by atoms with E-state index in [9.17, 15) is 4.79 Å². The Morgan fingerprint density at radius 3 is 2.83 bits per heavy atom. The Morgan fingerprint density at radius 2 is 2.04 bits per heavy atom. The Labute approximate surface area is 139 Å². The Morgan fingerprint density at radius 1 is 1.17 bits per heavy atom. The van der Waals surface area contributed by atoms with Gasteiger partial charge in [0.25, 0.3) is 0 Å². The molecule has 0 aliphatic carbocycles. The van der Waals surface area contributed by atoms with Gasteiger partial charge in [-0.15, -0.1) is 11.3 Å². The summed E-state index contributed by atoms with van der Waals surface area (Å²) in [6.45, 7) is 4.14. The van der Waals surface area contributed by atoms with Gasteiger partial charge in [-0.2, -0.15) is 0 Å². The Hall–Kier alpha value is -1.92. The number of carbonyl (C=O) groups is 1. The number of morpholine rings is 1. The van der Waals surface area contributed by atoms with Crippen molar-refractivity contribution in [3.63, 3.8) is 0 Å². The van der Waals surface area contributed by atoms with E-state index < -0.39 is 0 Å². The van der Waals surface area contributed by atoms with Crippen LogP contribution in [0.4, 0.5) is 10.8 Å². The number of benzene rings is 1. The van der Waals surface area contributed by atoms with Crippen molar-refractivity contribution in [2.45, 2.75) is 12.8 Å². The zero-order chi connectivity index (χ0) is 15.6. The van der Waals surface area contributed by atoms with Crippen molar-refractivity contribution in [1.82, 2.24) is 4.98 Å². The molecule has 0 bridgehead atoms. The second kappa shape index (κ2) is 6.29. The number of amides is 1. The third-order valence-electron chi connectivity index (χ3n) is 4.30. The predicted molar refractivity (Wildman–Crippen MR) is 92.2 cm³/mol. The number of hydrogen-bond donors (Lipinski definition) is 0. The first-order valence-corrected chi connectivity index (χ1v) is 8.88. The fraction of sp³-hybridized carbons (Fsp3) is 0.412. The molecule has 1 aromatic heterocycles. The van der Waals surface area contributed by atoms with Crippen LogP contribution in [-0.4, -0.2) is 43.7 Å². The van der Waals surface area contributed by atoms with Gasteiger partial charge in [-0.25, -0.2) is 4.98 Å². The highest BCUT2D eigenvalue weighted by atomic mass is 32.1. The molecule has 2 saturated heterocycles. The van der Waals surface area contributed by atoms with Crippen LogP contribution in [0.1, 0.15) is 12.8 Å². The summed E-state index contributed by atoms with van der Waals surface area (Å²) in [5.41, 5.74) is 3.02. The molecule has 3 heterocycles.